The summed E-state index contributed by atoms with van der Waals surface area (Å²) in [6.45, 7) is 5.40. The van der Waals surface area contributed by atoms with Gasteiger partial charge in [0.25, 0.3) is 0 Å². The van der Waals surface area contributed by atoms with Crippen LogP contribution in [-0.2, 0) is 22.5 Å². The summed E-state index contributed by atoms with van der Waals surface area (Å²) < 4.78 is 15.2. The summed E-state index contributed by atoms with van der Waals surface area (Å²) in [5.74, 6) is 1.26. The van der Waals surface area contributed by atoms with Crippen LogP contribution in [0.15, 0.2) is 30.5 Å². The van der Waals surface area contributed by atoms with E-state index in [0.717, 1.165) is 65.6 Å². The minimum Gasteiger partial charge on any atom is -0.424 e. The Bertz CT molecular complexity index is 1210. The molecule has 0 fully saturated rings. The highest BCUT2D eigenvalue weighted by atomic mass is 16.5. The smallest absolute Gasteiger partial charge is 0.311 e. The fourth-order valence-electron chi connectivity index (χ4n) is 3.91. The normalized spacial score (nSPS) is 11.7. The summed E-state index contributed by atoms with van der Waals surface area (Å²) in [6, 6.07) is 8.07. The number of benzene rings is 1. The second-order valence-corrected chi connectivity index (χ2v) is 7.85. The van der Waals surface area contributed by atoms with Gasteiger partial charge in [-0.05, 0) is 25.0 Å². The van der Waals surface area contributed by atoms with Crippen molar-refractivity contribution in [3.63, 3.8) is 0 Å². The van der Waals surface area contributed by atoms with E-state index < -0.39 is 0 Å². The van der Waals surface area contributed by atoms with E-state index >= 15 is 0 Å². The second-order valence-electron chi connectivity index (χ2n) is 7.85. The Kier molecular flexibility index (Phi) is 6.51. The molecule has 0 radical (unpaired) electrons. The van der Waals surface area contributed by atoms with E-state index in [1.807, 2.05) is 29.0 Å². The summed E-state index contributed by atoms with van der Waals surface area (Å²) in [6.07, 6.45) is 6.99. The molecule has 1 aromatic carbocycles. The van der Waals surface area contributed by atoms with Gasteiger partial charge in [-0.2, -0.15) is 0 Å². The highest BCUT2D eigenvalue weighted by Gasteiger charge is 2.22. The molecule has 31 heavy (non-hydrogen) atoms. The molecule has 164 valence electrons. The van der Waals surface area contributed by atoms with Gasteiger partial charge in [-0.25, -0.2) is 9.97 Å². The first-order valence-electron chi connectivity index (χ1n) is 11.2. The SMILES string of the molecule is CCCCC(=O)Oc1cn(CCOC)c2nc(CCCC)n3c4ccccc4nc3c12. The molecule has 0 saturated heterocycles. The Balaban J connectivity index is 1.96. The van der Waals surface area contributed by atoms with Gasteiger partial charge in [0.05, 0.1) is 17.6 Å². The van der Waals surface area contributed by atoms with E-state index in [-0.39, 0.29) is 5.97 Å². The monoisotopic (exact) mass is 422 g/mol. The highest BCUT2D eigenvalue weighted by molar-refractivity contribution is 6.00. The third kappa shape index (κ3) is 4.14. The molecular weight excluding hydrogens is 392 g/mol. The molecule has 0 atom stereocenters. The van der Waals surface area contributed by atoms with Crippen molar-refractivity contribution < 1.29 is 14.3 Å². The van der Waals surface area contributed by atoms with E-state index in [2.05, 4.69) is 24.3 Å². The molecule has 0 aliphatic carbocycles. The fourth-order valence-corrected chi connectivity index (χ4v) is 3.91. The molecule has 4 aromatic rings. The lowest BCUT2D eigenvalue weighted by atomic mass is 10.2. The molecule has 0 saturated carbocycles. The number of rotatable bonds is 10. The van der Waals surface area contributed by atoms with E-state index in [0.29, 0.717) is 25.3 Å². The van der Waals surface area contributed by atoms with Crippen LogP contribution in [0.1, 0.15) is 51.8 Å². The molecule has 0 amide bonds. The lowest BCUT2D eigenvalue weighted by Crippen LogP contribution is -2.07. The van der Waals surface area contributed by atoms with Crippen molar-refractivity contribution in [1.82, 2.24) is 18.9 Å². The van der Waals surface area contributed by atoms with E-state index in [4.69, 9.17) is 19.4 Å². The number of esters is 1. The van der Waals surface area contributed by atoms with Crippen molar-refractivity contribution in [3.8, 4) is 5.75 Å². The number of nitrogens with zero attached hydrogens (tertiary/aromatic N) is 4. The molecule has 0 aliphatic rings. The summed E-state index contributed by atoms with van der Waals surface area (Å²) in [4.78, 5) is 22.4. The first-order valence-corrected chi connectivity index (χ1v) is 11.2. The third-order valence-electron chi connectivity index (χ3n) is 5.54. The van der Waals surface area contributed by atoms with Crippen LogP contribution in [0, 0.1) is 0 Å². The number of fused-ring (bicyclic) bond motifs is 5. The summed E-state index contributed by atoms with van der Waals surface area (Å²) in [5.41, 5.74) is 3.49. The Morgan fingerprint density at radius 1 is 1.06 bits per heavy atom. The number of hydrogen-bond donors (Lipinski definition) is 0. The van der Waals surface area contributed by atoms with Crippen molar-refractivity contribution in [3.05, 3.63) is 36.3 Å². The maximum absolute atomic E-state index is 12.5. The predicted molar refractivity (Wildman–Crippen MR) is 122 cm³/mol. The standard InChI is InChI=1S/C24H30N4O3/c1-4-6-12-20-26-23-22(24-25-17-10-8-9-11-18(17)28(20)24)19(16-27(23)14-15-30-3)31-21(29)13-7-5-2/h8-11,16H,4-7,12-15H2,1-3H3. The zero-order valence-electron chi connectivity index (χ0n) is 18.6. The summed E-state index contributed by atoms with van der Waals surface area (Å²) in [7, 11) is 1.68. The molecule has 0 spiro atoms. The number of ether oxygens (including phenoxy) is 2. The fraction of sp³-hybridized carbons (Fsp3) is 0.458. The average molecular weight is 423 g/mol. The number of carbonyl (C=O) groups is 1. The van der Waals surface area contributed by atoms with E-state index in [1.54, 1.807) is 7.11 Å². The van der Waals surface area contributed by atoms with E-state index in [1.165, 1.54) is 0 Å². The molecular formula is C24H30N4O3. The number of hydrogen-bond acceptors (Lipinski definition) is 5. The third-order valence-corrected chi connectivity index (χ3v) is 5.54. The number of imidazole rings is 1. The molecule has 4 rings (SSSR count). The first kappa shape index (κ1) is 21.3. The van der Waals surface area contributed by atoms with Crippen molar-refractivity contribution in [2.24, 2.45) is 0 Å². The molecule has 0 N–H and O–H groups in total. The average Bonchev–Trinajstić information content (AvgIpc) is 3.33. The van der Waals surface area contributed by atoms with E-state index in [9.17, 15) is 4.79 Å². The van der Waals surface area contributed by atoms with Gasteiger partial charge < -0.3 is 14.0 Å². The number of para-hydroxylation sites is 2. The minimum atomic E-state index is -0.225. The molecule has 7 heteroatoms. The van der Waals surface area contributed by atoms with Gasteiger partial charge in [0, 0.05) is 32.7 Å². The molecule has 7 nitrogen and oxygen atoms in total. The van der Waals surface area contributed by atoms with Crippen LogP contribution in [0.4, 0.5) is 0 Å². The Labute approximate surface area is 182 Å². The minimum absolute atomic E-state index is 0.225. The van der Waals surface area contributed by atoms with Crippen molar-refractivity contribution in [1.29, 1.82) is 0 Å². The van der Waals surface area contributed by atoms with Crippen LogP contribution in [0.2, 0.25) is 0 Å². The van der Waals surface area contributed by atoms with Crippen molar-refractivity contribution in [2.75, 3.05) is 13.7 Å². The molecule has 3 heterocycles. The number of carbonyl (C=O) groups excluding carboxylic acids is 1. The van der Waals surface area contributed by atoms with Crippen LogP contribution >= 0.6 is 0 Å². The van der Waals surface area contributed by atoms with Gasteiger partial charge in [-0.1, -0.05) is 38.8 Å². The number of aromatic nitrogens is 4. The maximum atomic E-state index is 12.5. The molecule has 3 aromatic heterocycles. The van der Waals surface area contributed by atoms with Crippen LogP contribution in [0.25, 0.3) is 27.7 Å². The Morgan fingerprint density at radius 3 is 2.65 bits per heavy atom. The Morgan fingerprint density at radius 2 is 1.87 bits per heavy atom. The first-order chi connectivity index (χ1) is 15.2. The van der Waals surface area contributed by atoms with Gasteiger partial charge >= 0.3 is 5.97 Å². The lowest BCUT2D eigenvalue weighted by Gasteiger charge is -2.09. The highest BCUT2D eigenvalue weighted by Crippen LogP contribution is 2.34. The van der Waals surface area contributed by atoms with Crippen LogP contribution in [0.5, 0.6) is 5.75 Å². The van der Waals surface area contributed by atoms with Crippen molar-refractivity contribution in [2.45, 2.75) is 58.9 Å². The quantitative estimate of drug-likeness (QED) is 0.339. The predicted octanol–water partition coefficient (Wildman–Crippen LogP) is 4.92. The zero-order chi connectivity index (χ0) is 21.8. The molecule has 0 bridgehead atoms. The summed E-state index contributed by atoms with van der Waals surface area (Å²) in [5, 5.41) is 0.775. The lowest BCUT2D eigenvalue weighted by molar-refractivity contribution is -0.134. The maximum Gasteiger partial charge on any atom is 0.311 e. The Hall–Kier alpha value is -2.93. The summed E-state index contributed by atoms with van der Waals surface area (Å²) >= 11 is 0. The van der Waals surface area contributed by atoms with Gasteiger partial charge in [0.1, 0.15) is 16.9 Å². The second kappa shape index (κ2) is 9.47. The number of aryl methyl sites for hydroxylation is 1. The number of methoxy groups -OCH3 is 1. The number of unbranched alkanes of at least 4 members (excludes halogenated alkanes) is 2. The topological polar surface area (TPSA) is 70.7 Å². The van der Waals surface area contributed by atoms with Crippen molar-refractivity contribution >= 4 is 33.7 Å². The largest absolute Gasteiger partial charge is 0.424 e. The van der Waals surface area contributed by atoms with Gasteiger partial charge in [-0.3, -0.25) is 9.20 Å². The van der Waals surface area contributed by atoms with Gasteiger partial charge in [-0.15, -0.1) is 0 Å². The van der Waals surface area contributed by atoms with Gasteiger partial charge in [0.2, 0.25) is 0 Å². The van der Waals surface area contributed by atoms with Crippen LogP contribution in [-0.4, -0.2) is 38.6 Å². The molecule has 0 unspecified atom stereocenters. The van der Waals surface area contributed by atoms with Gasteiger partial charge in [0.15, 0.2) is 11.4 Å². The van der Waals surface area contributed by atoms with Crippen LogP contribution < -0.4 is 4.74 Å². The zero-order valence-corrected chi connectivity index (χ0v) is 18.6. The van der Waals surface area contributed by atoms with Crippen LogP contribution in [0.3, 0.4) is 0 Å². The molecule has 0 aliphatic heterocycles.